The maximum atomic E-state index is 6.48. The van der Waals surface area contributed by atoms with Crippen LogP contribution in [0.1, 0.15) is 24.2 Å². The molecular weight excluding hydrogens is 396 g/mol. The minimum absolute atomic E-state index is 0.126. The summed E-state index contributed by atoms with van der Waals surface area (Å²) in [5, 5.41) is 5.09. The molecule has 2 N–H and O–H groups in total. The van der Waals surface area contributed by atoms with Gasteiger partial charge in [0.15, 0.2) is 11.5 Å². The van der Waals surface area contributed by atoms with E-state index in [-0.39, 0.29) is 6.04 Å². The molecule has 0 saturated heterocycles. The van der Waals surface area contributed by atoms with Gasteiger partial charge >= 0.3 is 0 Å². The summed E-state index contributed by atoms with van der Waals surface area (Å²) in [5.74, 6) is 0.664. The van der Waals surface area contributed by atoms with Gasteiger partial charge in [0.2, 0.25) is 0 Å². The Hall–Kier alpha value is -3.51. The van der Waals surface area contributed by atoms with Crippen LogP contribution in [0.15, 0.2) is 61.2 Å². The van der Waals surface area contributed by atoms with Crippen molar-refractivity contribution in [1.29, 1.82) is 0 Å². The normalized spacial score (nSPS) is 12.4. The second-order valence-electron chi connectivity index (χ2n) is 7.29. The van der Waals surface area contributed by atoms with Crippen molar-refractivity contribution in [2.75, 3.05) is 5.32 Å². The molecule has 0 aliphatic rings. The maximum absolute atomic E-state index is 6.48. The van der Waals surface area contributed by atoms with Gasteiger partial charge in [0, 0.05) is 16.0 Å². The van der Waals surface area contributed by atoms with Crippen LogP contribution < -0.4 is 5.32 Å². The number of aromatic nitrogens is 5. The number of anilines is 1. The molecule has 0 amide bonds. The molecule has 0 spiro atoms. The van der Waals surface area contributed by atoms with Crippen LogP contribution in [0, 0.1) is 6.92 Å². The van der Waals surface area contributed by atoms with Gasteiger partial charge < -0.3 is 10.3 Å². The van der Waals surface area contributed by atoms with E-state index in [1.165, 1.54) is 11.9 Å². The lowest BCUT2D eigenvalue weighted by Crippen LogP contribution is -2.12. The molecule has 3 heterocycles. The fourth-order valence-electron chi connectivity index (χ4n) is 3.69. The summed E-state index contributed by atoms with van der Waals surface area (Å²) in [6.45, 7) is 4.15. The average Bonchev–Trinajstić information content (AvgIpc) is 3.23. The molecule has 0 saturated carbocycles. The number of aromatic amines is 1. The minimum atomic E-state index is -0.126. The largest absolute Gasteiger partial charge is 0.360 e. The van der Waals surface area contributed by atoms with Crippen molar-refractivity contribution in [2.24, 2.45) is 0 Å². The zero-order valence-corrected chi connectivity index (χ0v) is 17.3. The monoisotopic (exact) mass is 414 g/mol. The summed E-state index contributed by atoms with van der Waals surface area (Å²) in [5.41, 5.74) is 6.48. The standard InChI is InChI=1S/C23H19ClN6/c1-13-5-3-6-15(9-13)16-10-17-18(24)7-4-8-19(17)30-20(16)14(2)29-23-21-22(26-11-25-21)27-12-28-23/h3-12,14H,1-2H3,(H2,25,26,27,28,29)/t14-/m0/s1. The number of pyridine rings is 1. The molecule has 148 valence electrons. The third kappa shape index (κ3) is 3.25. The highest BCUT2D eigenvalue weighted by Gasteiger charge is 2.18. The van der Waals surface area contributed by atoms with Gasteiger partial charge in [-0.2, -0.15) is 0 Å². The number of H-pyrrole nitrogens is 1. The van der Waals surface area contributed by atoms with Crippen LogP contribution in [0.25, 0.3) is 33.2 Å². The SMILES string of the molecule is Cc1cccc(-c2cc3c(Cl)cccc3nc2[C@H](C)Nc2ncnc3[nH]cnc23)c1. The van der Waals surface area contributed by atoms with Crippen molar-refractivity contribution >= 4 is 39.5 Å². The first-order chi connectivity index (χ1) is 14.6. The Bertz CT molecular complexity index is 1380. The topological polar surface area (TPSA) is 79.4 Å². The molecule has 5 rings (SSSR count). The smallest absolute Gasteiger partial charge is 0.162 e. The van der Waals surface area contributed by atoms with Gasteiger partial charge in [-0.15, -0.1) is 0 Å². The van der Waals surface area contributed by atoms with Gasteiger partial charge in [-0.25, -0.2) is 19.9 Å². The van der Waals surface area contributed by atoms with E-state index in [1.807, 2.05) is 18.2 Å². The average molecular weight is 415 g/mol. The molecular formula is C23H19ClN6. The van der Waals surface area contributed by atoms with Crippen molar-refractivity contribution in [3.63, 3.8) is 0 Å². The number of benzene rings is 2. The zero-order valence-electron chi connectivity index (χ0n) is 16.5. The van der Waals surface area contributed by atoms with E-state index in [1.54, 1.807) is 6.33 Å². The summed E-state index contributed by atoms with van der Waals surface area (Å²) in [4.78, 5) is 20.9. The molecule has 3 aromatic heterocycles. The lowest BCUT2D eigenvalue weighted by molar-refractivity contribution is 0.842. The lowest BCUT2D eigenvalue weighted by atomic mass is 9.97. The van der Waals surface area contributed by atoms with E-state index >= 15 is 0 Å². The number of fused-ring (bicyclic) bond motifs is 2. The minimum Gasteiger partial charge on any atom is -0.360 e. The van der Waals surface area contributed by atoms with Gasteiger partial charge in [0.05, 0.1) is 23.6 Å². The molecule has 5 aromatic rings. The Morgan fingerprint density at radius 1 is 1.03 bits per heavy atom. The number of aryl methyl sites for hydroxylation is 1. The second-order valence-corrected chi connectivity index (χ2v) is 7.69. The van der Waals surface area contributed by atoms with Crippen molar-refractivity contribution in [3.8, 4) is 11.1 Å². The highest BCUT2D eigenvalue weighted by atomic mass is 35.5. The van der Waals surface area contributed by atoms with Gasteiger partial charge in [-0.05, 0) is 37.6 Å². The Morgan fingerprint density at radius 2 is 1.90 bits per heavy atom. The third-order valence-corrected chi connectivity index (χ3v) is 5.47. The molecule has 0 radical (unpaired) electrons. The summed E-state index contributed by atoms with van der Waals surface area (Å²) < 4.78 is 0. The highest BCUT2D eigenvalue weighted by Crippen LogP contribution is 2.34. The van der Waals surface area contributed by atoms with E-state index in [0.717, 1.165) is 27.7 Å². The Labute approximate surface area is 178 Å². The van der Waals surface area contributed by atoms with Crippen LogP contribution in [0.4, 0.5) is 5.82 Å². The maximum Gasteiger partial charge on any atom is 0.162 e. The predicted molar refractivity (Wildman–Crippen MR) is 121 cm³/mol. The molecule has 0 bridgehead atoms. The molecule has 0 aliphatic carbocycles. The van der Waals surface area contributed by atoms with Crippen LogP contribution in [0.3, 0.4) is 0 Å². The molecule has 30 heavy (non-hydrogen) atoms. The zero-order chi connectivity index (χ0) is 20.7. The third-order valence-electron chi connectivity index (χ3n) is 5.15. The van der Waals surface area contributed by atoms with Gasteiger partial charge in [-0.3, -0.25) is 0 Å². The number of hydrogen-bond acceptors (Lipinski definition) is 5. The number of nitrogens with one attached hydrogen (secondary N) is 2. The van der Waals surface area contributed by atoms with Crippen molar-refractivity contribution in [1.82, 2.24) is 24.9 Å². The molecule has 2 aromatic carbocycles. The molecule has 1 atom stereocenters. The summed E-state index contributed by atoms with van der Waals surface area (Å²) in [7, 11) is 0. The van der Waals surface area contributed by atoms with Crippen molar-refractivity contribution in [3.05, 3.63) is 77.5 Å². The number of nitrogens with zero attached hydrogens (tertiary/aromatic N) is 4. The number of imidazole rings is 1. The number of halogens is 1. The first-order valence-electron chi connectivity index (χ1n) is 9.67. The van der Waals surface area contributed by atoms with Gasteiger partial charge in [0.25, 0.3) is 0 Å². The van der Waals surface area contributed by atoms with Crippen molar-refractivity contribution < 1.29 is 0 Å². The molecule has 7 heteroatoms. The van der Waals surface area contributed by atoms with Crippen LogP contribution in [0.2, 0.25) is 5.02 Å². The fraction of sp³-hybridized carbons (Fsp3) is 0.130. The van der Waals surface area contributed by atoms with Gasteiger partial charge in [0.1, 0.15) is 11.8 Å². The first-order valence-corrected chi connectivity index (χ1v) is 10.0. The fourth-order valence-corrected chi connectivity index (χ4v) is 3.92. The number of rotatable bonds is 4. The Morgan fingerprint density at radius 3 is 2.77 bits per heavy atom. The van der Waals surface area contributed by atoms with E-state index < -0.39 is 0 Å². The summed E-state index contributed by atoms with van der Waals surface area (Å²) >= 11 is 6.48. The molecule has 0 unspecified atom stereocenters. The van der Waals surface area contributed by atoms with E-state index in [9.17, 15) is 0 Å². The molecule has 6 nitrogen and oxygen atoms in total. The van der Waals surface area contributed by atoms with E-state index in [2.05, 4.69) is 69.4 Å². The summed E-state index contributed by atoms with van der Waals surface area (Å²) in [6, 6.07) is 16.2. The first kappa shape index (κ1) is 18.5. The quantitative estimate of drug-likeness (QED) is 0.394. The van der Waals surface area contributed by atoms with E-state index in [4.69, 9.17) is 16.6 Å². The molecule has 0 aliphatic heterocycles. The molecule has 0 fully saturated rings. The second kappa shape index (κ2) is 7.39. The van der Waals surface area contributed by atoms with Gasteiger partial charge in [-0.1, -0.05) is 47.5 Å². The van der Waals surface area contributed by atoms with Crippen LogP contribution in [0.5, 0.6) is 0 Å². The highest BCUT2D eigenvalue weighted by molar-refractivity contribution is 6.35. The van der Waals surface area contributed by atoms with Crippen LogP contribution in [-0.4, -0.2) is 24.9 Å². The summed E-state index contributed by atoms with van der Waals surface area (Å²) in [6.07, 6.45) is 3.13. The number of hydrogen-bond donors (Lipinski definition) is 2. The van der Waals surface area contributed by atoms with Crippen molar-refractivity contribution in [2.45, 2.75) is 19.9 Å². The Balaban J connectivity index is 1.66. The van der Waals surface area contributed by atoms with Crippen LogP contribution >= 0.6 is 11.6 Å². The predicted octanol–water partition coefficient (Wildman–Crippen LogP) is 5.70. The van der Waals surface area contributed by atoms with E-state index in [0.29, 0.717) is 22.0 Å². The van der Waals surface area contributed by atoms with Crippen LogP contribution in [-0.2, 0) is 0 Å². The lowest BCUT2D eigenvalue weighted by Gasteiger charge is -2.19. The Kier molecular flexibility index (Phi) is 4.56.